The number of esters is 1. The molecular weight excluding hydrogens is 268 g/mol. The van der Waals surface area contributed by atoms with Gasteiger partial charge in [0.2, 0.25) is 0 Å². The third-order valence-electron chi connectivity index (χ3n) is 3.70. The van der Waals surface area contributed by atoms with Crippen LogP contribution in [0.3, 0.4) is 0 Å². The molecule has 2 aromatic rings. The van der Waals surface area contributed by atoms with Crippen molar-refractivity contribution in [2.75, 3.05) is 14.2 Å². The van der Waals surface area contributed by atoms with Crippen LogP contribution in [0.25, 0.3) is 0 Å². The second kappa shape index (κ2) is 5.48. The third kappa shape index (κ3) is 2.44. The number of carbonyl (C=O) groups is 1. The smallest absolute Gasteiger partial charge is 0.312 e. The summed E-state index contributed by atoms with van der Waals surface area (Å²) in [6.45, 7) is 0. The van der Waals surface area contributed by atoms with Gasteiger partial charge in [0, 0.05) is 17.0 Å². The molecule has 3 rings (SSSR count). The minimum Gasteiger partial charge on any atom is -0.497 e. The maximum absolute atomic E-state index is 11.9. The van der Waals surface area contributed by atoms with Crippen LogP contribution >= 0.6 is 0 Å². The van der Waals surface area contributed by atoms with Crippen molar-refractivity contribution >= 4 is 5.97 Å². The van der Waals surface area contributed by atoms with Crippen LogP contribution in [0.5, 0.6) is 17.2 Å². The van der Waals surface area contributed by atoms with Gasteiger partial charge in [-0.2, -0.15) is 0 Å². The van der Waals surface area contributed by atoms with E-state index in [2.05, 4.69) is 0 Å². The first-order valence-corrected chi connectivity index (χ1v) is 6.74. The van der Waals surface area contributed by atoms with Crippen LogP contribution in [0.15, 0.2) is 42.5 Å². The molecule has 0 aliphatic carbocycles. The standard InChI is InChI=1S/C17H16O4/c1-19-11-7-8-16-14(9-11)13(10-17(18)21-16)12-5-3-4-6-15(12)20-2/h3-9,13H,10H2,1-2H3/t13-/m1/s1. The molecule has 2 aromatic carbocycles. The van der Waals surface area contributed by atoms with E-state index in [9.17, 15) is 4.79 Å². The van der Waals surface area contributed by atoms with Crippen molar-refractivity contribution in [1.82, 2.24) is 0 Å². The molecule has 0 unspecified atom stereocenters. The maximum Gasteiger partial charge on any atom is 0.312 e. The van der Waals surface area contributed by atoms with Gasteiger partial charge in [0.15, 0.2) is 0 Å². The summed E-state index contributed by atoms with van der Waals surface area (Å²) < 4.78 is 16.0. The van der Waals surface area contributed by atoms with Crippen molar-refractivity contribution in [2.24, 2.45) is 0 Å². The lowest BCUT2D eigenvalue weighted by Gasteiger charge is -2.26. The summed E-state index contributed by atoms with van der Waals surface area (Å²) in [7, 11) is 3.25. The van der Waals surface area contributed by atoms with Crippen LogP contribution in [-0.2, 0) is 4.79 Å². The predicted octanol–water partition coefficient (Wildman–Crippen LogP) is 3.14. The normalized spacial score (nSPS) is 16.9. The Balaban J connectivity index is 2.13. The maximum atomic E-state index is 11.9. The van der Waals surface area contributed by atoms with Gasteiger partial charge in [0.05, 0.1) is 20.6 Å². The molecule has 1 atom stereocenters. The van der Waals surface area contributed by atoms with Crippen LogP contribution in [0.4, 0.5) is 0 Å². The van der Waals surface area contributed by atoms with E-state index in [0.29, 0.717) is 12.2 Å². The zero-order valence-corrected chi connectivity index (χ0v) is 12.0. The highest BCUT2D eigenvalue weighted by atomic mass is 16.5. The summed E-state index contributed by atoms with van der Waals surface area (Å²) in [5, 5.41) is 0. The number of rotatable bonds is 3. The lowest BCUT2D eigenvalue weighted by molar-refractivity contribution is -0.135. The number of hydrogen-bond acceptors (Lipinski definition) is 4. The van der Waals surface area contributed by atoms with Crippen LogP contribution in [0, 0.1) is 0 Å². The minimum absolute atomic E-state index is 0.0903. The van der Waals surface area contributed by atoms with Crippen molar-refractivity contribution in [3.8, 4) is 17.2 Å². The molecular formula is C17H16O4. The predicted molar refractivity (Wildman–Crippen MR) is 78.1 cm³/mol. The van der Waals surface area contributed by atoms with Crippen molar-refractivity contribution in [3.05, 3.63) is 53.6 Å². The van der Waals surface area contributed by atoms with Gasteiger partial charge < -0.3 is 14.2 Å². The van der Waals surface area contributed by atoms with Gasteiger partial charge in [0.1, 0.15) is 17.2 Å². The summed E-state index contributed by atoms with van der Waals surface area (Å²) in [5.74, 6) is 1.77. The SMILES string of the molecule is COc1ccc2c(c1)[C@@H](c1ccccc1OC)CC(=O)O2. The molecule has 1 aliphatic heterocycles. The Morgan fingerprint density at radius 1 is 1.05 bits per heavy atom. The lowest BCUT2D eigenvalue weighted by Crippen LogP contribution is -2.21. The number of hydrogen-bond donors (Lipinski definition) is 0. The fourth-order valence-electron chi connectivity index (χ4n) is 2.69. The van der Waals surface area contributed by atoms with Gasteiger partial charge >= 0.3 is 5.97 Å². The third-order valence-corrected chi connectivity index (χ3v) is 3.70. The zero-order valence-electron chi connectivity index (χ0n) is 12.0. The van der Waals surface area contributed by atoms with Crippen molar-refractivity contribution in [2.45, 2.75) is 12.3 Å². The minimum atomic E-state index is -0.233. The number of ether oxygens (including phenoxy) is 3. The monoisotopic (exact) mass is 284 g/mol. The van der Waals surface area contributed by atoms with Gasteiger partial charge in [-0.25, -0.2) is 0 Å². The van der Waals surface area contributed by atoms with Gasteiger partial charge in [-0.3, -0.25) is 4.79 Å². The number of carbonyl (C=O) groups excluding carboxylic acids is 1. The zero-order chi connectivity index (χ0) is 14.8. The van der Waals surface area contributed by atoms with E-state index in [1.54, 1.807) is 26.4 Å². The van der Waals surface area contributed by atoms with E-state index in [1.165, 1.54) is 0 Å². The molecule has 1 aliphatic rings. The van der Waals surface area contributed by atoms with Crippen LogP contribution < -0.4 is 14.2 Å². The molecule has 0 radical (unpaired) electrons. The highest BCUT2D eigenvalue weighted by Gasteiger charge is 2.30. The van der Waals surface area contributed by atoms with Crippen molar-refractivity contribution in [1.29, 1.82) is 0 Å². The quantitative estimate of drug-likeness (QED) is 0.641. The van der Waals surface area contributed by atoms with E-state index in [-0.39, 0.29) is 11.9 Å². The molecule has 1 heterocycles. The Labute approximate surface area is 123 Å². The number of fused-ring (bicyclic) bond motifs is 1. The van der Waals surface area contributed by atoms with Gasteiger partial charge in [-0.05, 0) is 24.3 Å². The molecule has 0 aromatic heterocycles. The average molecular weight is 284 g/mol. The van der Waals surface area contributed by atoms with E-state index >= 15 is 0 Å². The van der Waals surface area contributed by atoms with E-state index < -0.39 is 0 Å². The van der Waals surface area contributed by atoms with Crippen LogP contribution in [0.2, 0.25) is 0 Å². The number of para-hydroxylation sites is 1. The molecule has 0 saturated heterocycles. The highest BCUT2D eigenvalue weighted by molar-refractivity contribution is 5.78. The first-order valence-electron chi connectivity index (χ1n) is 6.74. The first-order chi connectivity index (χ1) is 10.2. The van der Waals surface area contributed by atoms with E-state index in [0.717, 1.165) is 22.6 Å². The Bertz CT molecular complexity index is 678. The molecule has 4 heteroatoms. The summed E-state index contributed by atoms with van der Waals surface area (Å²) >= 11 is 0. The van der Waals surface area contributed by atoms with E-state index in [1.807, 2.05) is 30.3 Å². The van der Waals surface area contributed by atoms with Crippen LogP contribution in [-0.4, -0.2) is 20.2 Å². The molecule has 21 heavy (non-hydrogen) atoms. The largest absolute Gasteiger partial charge is 0.497 e. The highest BCUT2D eigenvalue weighted by Crippen LogP contribution is 2.43. The summed E-state index contributed by atoms with van der Waals surface area (Å²) in [6.07, 6.45) is 0.292. The molecule has 0 N–H and O–H groups in total. The molecule has 4 nitrogen and oxygen atoms in total. The number of methoxy groups -OCH3 is 2. The second-order valence-electron chi connectivity index (χ2n) is 4.88. The molecule has 0 saturated carbocycles. The van der Waals surface area contributed by atoms with E-state index in [4.69, 9.17) is 14.2 Å². The Kier molecular flexibility index (Phi) is 3.52. The van der Waals surface area contributed by atoms with Gasteiger partial charge in [-0.15, -0.1) is 0 Å². The van der Waals surface area contributed by atoms with Crippen molar-refractivity contribution in [3.63, 3.8) is 0 Å². The molecule has 0 spiro atoms. The Morgan fingerprint density at radius 3 is 2.62 bits per heavy atom. The first kappa shape index (κ1) is 13.5. The summed E-state index contributed by atoms with van der Waals surface area (Å²) in [6, 6.07) is 13.2. The lowest BCUT2D eigenvalue weighted by atomic mass is 9.86. The number of benzene rings is 2. The Hall–Kier alpha value is -2.49. The molecule has 0 amide bonds. The summed E-state index contributed by atoms with van der Waals surface area (Å²) in [5.41, 5.74) is 1.92. The molecule has 108 valence electrons. The summed E-state index contributed by atoms with van der Waals surface area (Å²) in [4.78, 5) is 11.9. The topological polar surface area (TPSA) is 44.8 Å². The average Bonchev–Trinajstić information content (AvgIpc) is 2.53. The van der Waals surface area contributed by atoms with Crippen molar-refractivity contribution < 1.29 is 19.0 Å². The second-order valence-corrected chi connectivity index (χ2v) is 4.88. The fourth-order valence-corrected chi connectivity index (χ4v) is 2.69. The fraction of sp³-hybridized carbons (Fsp3) is 0.235. The van der Waals surface area contributed by atoms with Gasteiger partial charge in [0.25, 0.3) is 0 Å². The van der Waals surface area contributed by atoms with Crippen LogP contribution in [0.1, 0.15) is 23.5 Å². The molecule has 0 fully saturated rings. The molecule has 0 bridgehead atoms. The Morgan fingerprint density at radius 2 is 1.86 bits per heavy atom. The van der Waals surface area contributed by atoms with Gasteiger partial charge in [-0.1, -0.05) is 18.2 Å².